The molecule has 66 heavy (non-hydrogen) atoms. The zero-order valence-electron chi connectivity index (χ0n) is 35.5. The van der Waals surface area contributed by atoms with Crippen LogP contribution in [0.3, 0.4) is 0 Å². The number of aldehydes is 1. The molecule has 0 unspecified atom stereocenters. The van der Waals surface area contributed by atoms with Gasteiger partial charge in [0.1, 0.15) is 17.5 Å². The van der Waals surface area contributed by atoms with Crippen molar-refractivity contribution >= 4 is 112 Å². The van der Waals surface area contributed by atoms with Gasteiger partial charge in [-0.05, 0) is 98.1 Å². The quantitative estimate of drug-likeness (QED) is 0.0491. The van der Waals surface area contributed by atoms with Gasteiger partial charge in [0.2, 0.25) is 0 Å². The number of hydrogen-bond donors (Lipinski definition) is 0. The van der Waals surface area contributed by atoms with E-state index in [4.69, 9.17) is 0 Å². The summed E-state index contributed by atoms with van der Waals surface area (Å²) in [5.74, 6) is -2.23. The van der Waals surface area contributed by atoms with Crippen molar-refractivity contribution in [1.29, 1.82) is 0 Å². The largest absolute Gasteiger partial charge is 0.463 e. The Morgan fingerprint density at radius 3 is 1.09 bits per heavy atom. The van der Waals surface area contributed by atoms with Crippen LogP contribution in [-0.2, 0) is 28.7 Å². The molecular formula is C52H49Br3F3O7P. The van der Waals surface area contributed by atoms with Crippen LogP contribution >= 0.6 is 54.4 Å². The minimum atomic E-state index is -3.88. The summed E-state index contributed by atoms with van der Waals surface area (Å²) in [6.45, 7) is 2.00. The van der Waals surface area contributed by atoms with E-state index in [1.165, 1.54) is 30.4 Å². The average molecular weight is 1110 g/mol. The molecule has 0 fully saturated rings. The van der Waals surface area contributed by atoms with Crippen molar-refractivity contribution in [3.8, 4) is 0 Å². The van der Waals surface area contributed by atoms with Crippen LogP contribution in [0.15, 0.2) is 171 Å². The van der Waals surface area contributed by atoms with Gasteiger partial charge in [0.25, 0.3) is 0 Å². The molecule has 0 radical (unpaired) electrons. The smallest absolute Gasteiger partial charge is 0.330 e. The Hall–Kier alpha value is -5.59. The first-order chi connectivity index (χ1) is 31.2. The second-order valence-electron chi connectivity index (χ2n) is 13.3. The maximum Gasteiger partial charge on any atom is 0.330 e. The fourth-order valence-corrected chi connectivity index (χ4v) is 12.7. The minimum Gasteiger partial charge on any atom is -0.463 e. The summed E-state index contributed by atoms with van der Waals surface area (Å²) in [6, 6.07) is 43.9. The predicted octanol–water partition coefficient (Wildman–Crippen LogP) is 13.0. The molecule has 0 atom stereocenters. The molecule has 0 aliphatic rings. The molecule has 7 nitrogen and oxygen atoms in total. The topological polar surface area (TPSA) is 104 Å². The molecule has 0 saturated heterocycles. The summed E-state index contributed by atoms with van der Waals surface area (Å²) >= 11 is 9.07. The average Bonchev–Trinajstić information content (AvgIpc) is 3.33. The van der Waals surface area contributed by atoms with Crippen molar-refractivity contribution in [2.45, 2.75) is 34.6 Å². The van der Waals surface area contributed by atoms with Gasteiger partial charge < -0.3 is 9.47 Å². The van der Waals surface area contributed by atoms with Crippen LogP contribution in [-0.4, -0.2) is 43.0 Å². The van der Waals surface area contributed by atoms with E-state index in [2.05, 4.69) is 57.3 Å². The molecule has 6 aromatic carbocycles. The van der Waals surface area contributed by atoms with Gasteiger partial charge in [0, 0.05) is 23.3 Å². The fraction of sp³-hybridized carbons (Fsp3) is 0.135. The van der Waals surface area contributed by atoms with Crippen LogP contribution in [0.2, 0.25) is 0 Å². The van der Waals surface area contributed by atoms with Crippen molar-refractivity contribution < 1.29 is 46.6 Å². The molecule has 0 amide bonds. The number of rotatable bonds is 13. The van der Waals surface area contributed by atoms with Crippen LogP contribution in [0.1, 0.15) is 56.1 Å². The third kappa shape index (κ3) is 14.2. The number of carbonyl (C=O) groups excluding carboxylic acids is 5. The number of carbonyl (C=O) groups is 5. The third-order valence-corrected chi connectivity index (χ3v) is 17.1. The van der Waals surface area contributed by atoms with Crippen molar-refractivity contribution in [3.05, 3.63) is 205 Å². The van der Waals surface area contributed by atoms with Crippen molar-refractivity contribution in [2.75, 3.05) is 13.2 Å². The van der Waals surface area contributed by atoms with Gasteiger partial charge in [-0.15, -0.1) is 0 Å². The molecule has 0 bridgehead atoms. The molecule has 6 rings (SSSR count). The number of halogens is 6. The summed E-state index contributed by atoms with van der Waals surface area (Å²) in [6.07, 6.45) is 5.97. The zero-order chi connectivity index (χ0) is 47.9. The molecule has 0 heterocycles. The second kappa shape index (κ2) is 28.4. The second-order valence-corrected chi connectivity index (χ2v) is 20.5. The zero-order valence-corrected chi connectivity index (χ0v) is 41.2. The molecule has 0 saturated carbocycles. The van der Waals surface area contributed by atoms with Gasteiger partial charge in [-0.1, -0.05) is 37.8 Å². The molecule has 0 N–H and O–H groups in total. The van der Waals surface area contributed by atoms with E-state index in [9.17, 15) is 37.1 Å². The first-order valence-electron chi connectivity index (χ1n) is 19.9. The summed E-state index contributed by atoms with van der Waals surface area (Å²) < 4.78 is 49.9. The monoisotopic (exact) mass is 1110 g/mol. The summed E-state index contributed by atoms with van der Waals surface area (Å²) in [5.41, 5.74) is 0.758. The number of hydrogen-bond acceptors (Lipinski definition) is 7. The molecular weight excluding hydrogens is 1060 g/mol. The minimum absolute atomic E-state index is 0. The van der Waals surface area contributed by atoms with E-state index in [0.29, 0.717) is 50.5 Å². The Kier molecular flexibility index (Phi) is 24.4. The Bertz CT molecular complexity index is 2420. The van der Waals surface area contributed by atoms with Crippen LogP contribution in [0.4, 0.5) is 13.2 Å². The molecule has 0 spiro atoms. The van der Waals surface area contributed by atoms with Crippen LogP contribution in [0, 0.1) is 17.5 Å². The number of ether oxygens (including phenoxy) is 2. The van der Waals surface area contributed by atoms with Crippen LogP contribution < -0.4 is 15.9 Å². The molecule has 346 valence electrons. The molecule has 0 aliphatic heterocycles. The molecule has 14 heteroatoms. The van der Waals surface area contributed by atoms with E-state index in [-0.39, 0.29) is 18.5 Å². The number of esters is 2. The van der Waals surface area contributed by atoms with Gasteiger partial charge in [-0.2, -0.15) is 0 Å². The van der Waals surface area contributed by atoms with E-state index < -0.39 is 36.0 Å². The van der Waals surface area contributed by atoms with Gasteiger partial charge in [-0.25, -0.2) is 22.8 Å². The van der Waals surface area contributed by atoms with E-state index in [1.54, 1.807) is 62.4 Å². The van der Waals surface area contributed by atoms with E-state index >= 15 is 0 Å². The van der Waals surface area contributed by atoms with Gasteiger partial charge in [0.05, 0.1) is 32.2 Å². The van der Waals surface area contributed by atoms with Crippen molar-refractivity contribution in [1.82, 2.24) is 0 Å². The maximum absolute atomic E-state index is 13.6. The Morgan fingerprint density at radius 2 is 0.818 bits per heavy atom. The molecule has 0 aliphatic carbocycles. The van der Waals surface area contributed by atoms with E-state index in [0.717, 1.165) is 21.9 Å². The number of benzene rings is 6. The SMILES string of the molecule is C.CCC(=O)P(C=O)(c1ccccc1)(c1ccccc1)c1ccccc1.CCOC(=O)/C=C/c1cccc(Br)c1F.CCOC(=O)/C=C\c1cccc(Br)c1F.O=Cc1cccc(Br)c1F. The summed E-state index contributed by atoms with van der Waals surface area (Å²) in [4.78, 5) is 58.7. The Labute approximate surface area is 409 Å². The van der Waals surface area contributed by atoms with Crippen LogP contribution in [0.25, 0.3) is 12.2 Å². The normalized spacial score (nSPS) is 11.1. The predicted molar refractivity (Wildman–Crippen MR) is 273 cm³/mol. The first-order valence-corrected chi connectivity index (χ1v) is 24.6. The van der Waals surface area contributed by atoms with Crippen molar-refractivity contribution in [3.63, 3.8) is 0 Å². The summed E-state index contributed by atoms with van der Waals surface area (Å²) in [5, 5.41) is 2.40. The fourth-order valence-electron chi connectivity index (χ4n) is 6.27. The molecule has 0 aromatic heterocycles. The third-order valence-electron chi connectivity index (χ3n) is 9.35. The maximum atomic E-state index is 13.6. The van der Waals surface area contributed by atoms with Gasteiger partial charge in [0.15, 0.2) is 6.29 Å². The molecule has 6 aromatic rings. The van der Waals surface area contributed by atoms with Crippen molar-refractivity contribution in [2.24, 2.45) is 0 Å². The Balaban J connectivity index is 0.000000318. The summed E-state index contributed by atoms with van der Waals surface area (Å²) in [7, 11) is 0. The van der Waals surface area contributed by atoms with Crippen LogP contribution in [0.5, 0.6) is 0 Å². The first kappa shape index (κ1) is 56.5. The van der Waals surface area contributed by atoms with Gasteiger partial charge in [-0.3, -0.25) is 4.79 Å². The van der Waals surface area contributed by atoms with Gasteiger partial charge >= 0.3 is 160 Å². The van der Waals surface area contributed by atoms with E-state index in [1.807, 2.05) is 97.9 Å². The Morgan fingerprint density at radius 1 is 0.500 bits per heavy atom. The standard InChI is InChI=1S/C22H21O2P.2C11H10BrFO2.C7H4BrFO.CH4/c1-2-22(24)25(18-23,19-12-6-3-7-13-19,20-14-8-4-9-15-20)21-16-10-5-11-17-21;2*1-2-15-10(14)7-6-8-4-3-5-9(12)11(8)13;8-6-3-1-2-5(4-10)7(6)9;/h3-18H,2H2,1H3;2*3-7H,2H2,1H3;1-4H;1H4/b;7-6+;7-6-;;.